The number of aromatic nitrogens is 2. The summed E-state index contributed by atoms with van der Waals surface area (Å²) in [5.74, 6) is 1.62. The number of carbonyl (C=O) groups excluding carboxylic acids is 1. The molecule has 0 spiro atoms. The van der Waals surface area contributed by atoms with Crippen LogP contribution in [0.2, 0.25) is 0 Å². The van der Waals surface area contributed by atoms with Gasteiger partial charge in [0.25, 0.3) is 0 Å². The van der Waals surface area contributed by atoms with E-state index in [1.54, 1.807) is 4.90 Å². The fourth-order valence-electron chi connectivity index (χ4n) is 2.81. The number of hydrogen-bond acceptors (Lipinski definition) is 3. The maximum atomic E-state index is 12.2. The number of carbonyl (C=O) groups is 1. The molecule has 2 aromatic rings. The molecule has 1 aliphatic heterocycles. The van der Waals surface area contributed by atoms with E-state index < -0.39 is 0 Å². The second-order valence-corrected chi connectivity index (χ2v) is 5.77. The smallest absolute Gasteiger partial charge is 0.242 e. The molecule has 20 heavy (non-hydrogen) atoms. The number of imidazole rings is 1. The standard InChI is InChI=1S/C15H17N3O2/c19-11-7-17(8-11)14(20)9-18-13-4-2-1-3-12(13)16-15(18)10-5-6-10/h1-4,10-11,19H,5-9H2. The molecule has 0 bridgehead atoms. The molecular formula is C15H17N3O2. The Kier molecular flexibility index (Phi) is 2.57. The SMILES string of the molecule is O=C(Cn1c(C2CC2)nc2ccccc21)N1CC(O)C1. The molecule has 1 aromatic carbocycles. The topological polar surface area (TPSA) is 58.4 Å². The summed E-state index contributed by atoms with van der Waals surface area (Å²) >= 11 is 0. The van der Waals surface area contributed by atoms with Crippen molar-refractivity contribution in [2.45, 2.75) is 31.4 Å². The van der Waals surface area contributed by atoms with Gasteiger partial charge in [-0.15, -0.1) is 0 Å². The van der Waals surface area contributed by atoms with E-state index in [4.69, 9.17) is 0 Å². The normalized spacial score (nSPS) is 19.4. The molecule has 2 heterocycles. The molecule has 5 nitrogen and oxygen atoms in total. The third-order valence-corrected chi connectivity index (χ3v) is 4.13. The molecule has 1 aliphatic carbocycles. The van der Waals surface area contributed by atoms with E-state index in [0.717, 1.165) is 16.9 Å². The monoisotopic (exact) mass is 271 g/mol. The van der Waals surface area contributed by atoms with Crippen molar-refractivity contribution in [1.29, 1.82) is 0 Å². The lowest BCUT2D eigenvalue weighted by Crippen LogP contribution is -2.54. The molecule has 4 rings (SSSR count). The molecule has 5 heteroatoms. The summed E-state index contributed by atoms with van der Waals surface area (Å²) < 4.78 is 2.06. The van der Waals surface area contributed by atoms with Crippen LogP contribution in [0.5, 0.6) is 0 Å². The Morgan fingerprint density at radius 1 is 1.30 bits per heavy atom. The van der Waals surface area contributed by atoms with Crippen molar-refractivity contribution in [3.8, 4) is 0 Å². The van der Waals surface area contributed by atoms with Crippen LogP contribution in [-0.4, -0.2) is 44.7 Å². The van der Waals surface area contributed by atoms with Crippen molar-refractivity contribution in [3.63, 3.8) is 0 Å². The molecule has 1 saturated heterocycles. The number of amides is 1. The predicted octanol–water partition coefficient (Wildman–Crippen LogP) is 1.12. The van der Waals surface area contributed by atoms with Gasteiger partial charge in [-0.2, -0.15) is 0 Å². The third-order valence-electron chi connectivity index (χ3n) is 4.13. The van der Waals surface area contributed by atoms with E-state index in [2.05, 4.69) is 9.55 Å². The molecule has 1 aromatic heterocycles. The lowest BCUT2D eigenvalue weighted by Gasteiger charge is -2.36. The molecule has 2 aliphatic rings. The molecule has 0 unspecified atom stereocenters. The Bertz CT molecular complexity index is 669. The minimum atomic E-state index is -0.346. The number of fused-ring (bicyclic) bond motifs is 1. The number of hydrogen-bond donors (Lipinski definition) is 1. The minimum absolute atomic E-state index is 0.0698. The number of para-hydroxylation sites is 2. The Morgan fingerprint density at radius 2 is 2.05 bits per heavy atom. The van der Waals surface area contributed by atoms with Gasteiger partial charge < -0.3 is 14.6 Å². The van der Waals surface area contributed by atoms with Crippen LogP contribution in [0, 0.1) is 0 Å². The number of aliphatic hydroxyl groups is 1. The van der Waals surface area contributed by atoms with Crippen molar-refractivity contribution >= 4 is 16.9 Å². The van der Waals surface area contributed by atoms with Crippen LogP contribution in [-0.2, 0) is 11.3 Å². The van der Waals surface area contributed by atoms with Crippen LogP contribution in [0.4, 0.5) is 0 Å². The van der Waals surface area contributed by atoms with E-state index in [-0.39, 0.29) is 12.0 Å². The zero-order valence-corrected chi connectivity index (χ0v) is 11.2. The Balaban J connectivity index is 1.67. The molecule has 0 radical (unpaired) electrons. The first-order chi connectivity index (χ1) is 9.72. The summed E-state index contributed by atoms with van der Waals surface area (Å²) in [6, 6.07) is 7.97. The van der Waals surface area contributed by atoms with Crippen LogP contribution >= 0.6 is 0 Å². The molecular weight excluding hydrogens is 254 g/mol. The first-order valence-electron chi connectivity index (χ1n) is 7.13. The van der Waals surface area contributed by atoms with Gasteiger partial charge in [0.15, 0.2) is 0 Å². The lowest BCUT2D eigenvalue weighted by molar-refractivity contribution is -0.141. The highest BCUT2D eigenvalue weighted by Crippen LogP contribution is 2.40. The summed E-state index contributed by atoms with van der Waals surface area (Å²) in [5.41, 5.74) is 2.00. The summed E-state index contributed by atoms with van der Waals surface area (Å²) in [4.78, 5) is 18.6. The van der Waals surface area contributed by atoms with E-state index in [1.165, 1.54) is 12.8 Å². The number of β-amino-alcohol motifs (C(OH)–C–C–N with tert-alkyl or cyclic N) is 1. The third kappa shape index (κ3) is 1.89. The van der Waals surface area contributed by atoms with E-state index in [0.29, 0.717) is 25.6 Å². The van der Waals surface area contributed by atoms with Crippen molar-refractivity contribution in [1.82, 2.24) is 14.5 Å². The van der Waals surface area contributed by atoms with Gasteiger partial charge in [-0.25, -0.2) is 4.98 Å². The number of rotatable bonds is 3. The highest BCUT2D eigenvalue weighted by atomic mass is 16.3. The summed E-state index contributed by atoms with van der Waals surface area (Å²) in [7, 11) is 0. The Morgan fingerprint density at radius 3 is 2.75 bits per heavy atom. The fraction of sp³-hybridized carbons (Fsp3) is 0.467. The van der Waals surface area contributed by atoms with Crippen LogP contribution in [0.15, 0.2) is 24.3 Å². The molecule has 1 amide bonds. The number of likely N-dealkylation sites (tertiary alicyclic amines) is 1. The van der Waals surface area contributed by atoms with Crippen LogP contribution in [0.25, 0.3) is 11.0 Å². The average Bonchev–Trinajstić information content (AvgIpc) is 3.19. The molecule has 1 saturated carbocycles. The Hall–Kier alpha value is -1.88. The van der Waals surface area contributed by atoms with Gasteiger partial charge in [0.2, 0.25) is 5.91 Å². The Labute approximate surface area is 116 Å². The summed E-state index contributed by atoms with van der Waals surface area (Å²) in [6.45, 7) is 1.26. The minimum Gasteiger partial charge on any atom is -0.389 e. The van der Waals surface area contributed by atoms with Gasteiger partial charge in [0, 0.05) is 19.0 Å². The van der Waals surface area contributed by atoms with Crippen LogP contribution in [0.3, 0.4) is 0 Å². The predicted molar refractivity (Wildman–Crippen MR) is 74.3 cm³/mol. The fourth-order valence-corrected chi connectivity index (χ4v) is 2.81. The maximum Gasteiger partial charge on any atom is 0.242 e. The zero-order chi connectivity index (χ0) is 13.7. The molecule has 1 N–H and O–H groups in total. The van der Waals surface area contributed by atoms with Crippen molar-refractivity contribution in [2.75, 3.05) is 13.1 Å². The highest BCUT2D eigenvalue weighted by Gasteiger charge is 2.32. The molecule has 104 valence electrons. The second-order valence-electron chi connectivity index (χ2n) is 5.77. The maximum absolute atomic E-state index is 12.2. The number of nitrogens with zero attached hydrogens (tertiary/aromatic N) is 3. The number of aliphatic hydroxyl groups excluding tert-OH is 1. The van der Waals surface area contributed by atoms with Crippen molar-refractivity contribution in [2.24, 2.45) is 0 Å². The first-order valence-corrected chi connectivity index (χ1v) is 7.13. The summed E-state index contributed by atoms with van der Waals surface area (Å²) in [5, 5.41) is 9.30. The van der Waals surface area contributed by atoms with Crippen LogP contribution < -0.4 is 0 Å². The van der Waals surface area contributed by atoms with Crippen molar-refractivity contribution < 1.29 is 9.90 Å². The largest absolute Gasteiger partial charge is 0.389 e. The zero-order valence-electron chi connectivity index (χ0n) is 11.2. The number of benzene rings is 1. The first kappa shape index (κ1) is 11.9. The van der Waals surface area contributed by atoms with Gasteiger partial charge >= 0.3 is 0 Å². The van der Waals surface area contributed by atoms with Crippen molar-refractivity contribution in [3.05, 3.63) is 30.1 Å². The van der Waals surface area contributed by atoms with Gasteiger partial charge in [-0.05, 0) is 25.0 Å². The quantitative estimate of drug-likeness (QED) is 0.910. The van der Waals surface area contributed by atoms with Crippen LogP contribution in [0.1, 0.15) is 24.6 Å². The summed E-state index contributed by atoms with van der Waals surface area (Å²) in [6.07, 6.45) is 1.99. The van der Waals surface area contributed by atoms with Gasteiger partial charge in [-0.3, -0.25) is 4.79 Å². The molecule has 2 fully saturated rings. The molecule has 0 atom stereocenters. The second kappa shape index (κ2) is 4.31. The van der Waals surface area contributed by atoms with Gasteiger partial charge in [0.05, 0.1) is 17.1 Å². The van der Waals surface area contributed by atoms with Gasteiger partial charge in [0.1, 0.15) is 12.4 Å². The van der Waals surface area contributed by atoms with E-state index >= 15 is 0 Å². The van der Waals surface area contributed by atoms with E-state index in [9.17, 15) is 9.90 Å². The average molecular weight is 271 g/mol. The highest BCUT2D eigenvalue weighted by molar-refractivity contribution is 5.81. The lowest BCUT2D eigenvalue weighted by atomic mass is 10.1. The van der Waals surface area contributed by atoms with Gasteiger partial charge in [-0.1, -0.05) is 12.1 Å². The van der Waals surface area contributed by atoms with E-state index in [1.807, 2.05) is 24.3 Å².